The van der Waals surface area contributed by atoms with Gasteiger partial charge in [0.2, 0.25) is 10.0 Å². The standard InChI is InChI=1S/C16H22N2O5S/c1-11-7-9-18(10-8-11)24(22,23)14-5-3-13(4-6-14)15(19)17-12(2)16(20)21/h3-6,11-12H,7-10H2,1-2H3,(H,17,19)(H,20,21). The molecular formula is C16H22N2O5S. The number of nitrogens with zero attached hydrogens (tertiary/aromatic N) is 1. The molecule has 0 aliphatic carbocycles. The molecule has 2 rings (SSSR count). The van der Waals surface area contributed by atoms with Crippen LogP contribution in [0, 0.1) is 5.92 Å². The number of carboxylic acid groups (broad SMARTS) is 1. The van der Waals surface area contributed by atoms with Crippen LogP contribution in [0.4, 0.5) is 0 Å². The molecule has 1 amide bonds. The van der Waals surface area contributed by atoms with Crippen molar-refractivity contribution in [3.63, 3.8) is 0 Å². The van der Waals surface area contributed by atoms with Crippen LogP contribution in [0.2, 0.25) is 0 Å². The fourth-order valence-corrected chi connectivity index (χ4v) is 3.96. The molecule has 8 heteroatoms. The van der Waals surface area contributed by atoms with Crippen LogP contribution >= 0.6 is 0 Å². The Balaban J connectivity index is 2.11. The van der Waals surface area contributed by atoms with Crippen LogP contribution in [0.25, 0.3) is 0 Å². The first kappa shape index (κ1) is 18.4. The Morgan fingerprint density at radius 1 is 1.21 bits per heavy atom. The lowest BCUT2D eigenvalue weighted by Crippen LogP contribution is -2.38. The van der Waals surface area contributed by atoms with Crippen molar-refractivity contribution in [1.29, 1.82) is 0 Å². The third kappa shape index (κ3) is 4.12. The number of nitrogens with one attached hydrogen (secondary N) is 1. The van der Waals surface area contributed by atoms with Crippen molar-refractivity contribution >= 4 is 21.9 Å². The summed E-state index contributed by atoms with van der Waals surface area (Å²) in [5.74, 6) is -1.17. The summed E-state index contributed by atoms with van der Waals surface area (Å²) in [6.07, 6.45) is 1.68. The molecule has 0 spiro atoms. The Bertz CT molecular complexity index is 706. The van der Waals surface area contributed by atoms with Gasteiger partial charge in [0.05, 0.1) is 4.90 Å². The predicted molar refractivity (Wildman–Crippen MR) is 88.2 cm³/mol. The third-order valence-electron chi connectivity index (χ3n) is 4.21. The van der Waals surface area contributed by atoms with Gasteiger partial charge in [-0.25, -0.2) is 8.42 Å². The molecule has 1 fully saturated rings. The van der Waals surface area contributed by atoms with E-state index in [1.807, 2.05) is 0 Å². The van der Waals surface area contributed by atoms with Crippen LogP contribution in [0.5, 0.6) is 0 Å². The maximum absolute atomic E-state index is 12.6. The largest absolute Gasteiger partial charge is 0.480 e. The molecule has 1 aliphatic heterocycles. The van der Waals surface area contributed by atoms with Crippen molar-refractivity contribution in [1.82, 2.24) is 9.62 Å². The Kier molecular flexibility index (Phi) is 5.61. The van der Waals surface area contributed by atoms with E-state index in [4.69, 9.17) is 5.11 Å². The van der Waals surface area contributed by atoms with Gasteiger partial charge >= 0.3 is 5.97 Å². The first-order valence-corrected chi connectivity index (χ1v) is 9.29. The average Bonchev–Trinajstić information content (AvgIpc) is 2.55. The first-order valence-electron chi connectivity index (χ1n) is 7.85. The maximum atomic E-state index is 12.6. The van der Waals surface area contributed by atoms with Gasteiger partial charge in [-0.15, -0.1) is 0 Å². The molecule has 1 heterocycles. The van der Waals surface area contributed by atoms with Gasteiger partial charge in [-0.1, -0.05) is 6.92 Å². The molecule has 1 aromatic carbocycles. The minimum Gasteiger partial charge on any atom is -0.480 e. The summed E-state index contributed by atoms with van der Waals surface area (Å²) < 4.78 is 26.6. The van der Waals surface area contributed by atoms with Crippen molar-refractivity contribution in [2.45, 2.75) is 37.6 Å². The third-order valence-corrected chi connectivity index (χ3v) is 6.13. The average molecular weight is 354 g/mol. The number of benzene rings is 1. The highest BCUT2D eigenvalue weighted by Gasteiger charge is 2.28. The summed E-state index contributed by atoms with van der Waals surface area (Å²) in [6.45, 7) is 4.47. The Labute approximate surface area is 141 Å². The van der Waals surface area contributed by atoms with Gasteiger partial charge in [-0.05, 0) is 49.9 Å². The molecule has 0 radical (unpaired) electrons. The molecule has 0 bridgehead atoms. The van der Waals surface area contributed by atoms with Crippen molar-refractivity contribution < 1.29 is 23.1 Å². The van der Waals surface area contributed by atoms with E-state index in [9.17, 15) is 18.0 Å². The SMILES string of the molecule is CC1CCN(S(=O)(=O)c2ccc(C(=O)NC(C)C(=O)O)cc2)CC1. The Morgan fingerprint density at radius 3 is 2.25 bits per heavy atom. The predicted octanol–water partition coefficient (Wildman–Crippen LogP) is 1.31. The summed E-state index contributed by atoms with van der Waals surface area (Å²) in [5, 5.41) is 11.1. The van der Waals surface area contributed by atoms with Gasteiger partial charge in [0.25, 0.3) is 5.91 Å². The van der Waals surface area contributed by atoms with Crippen molar-refractivity contribution in [2.75, 3.05) is 13.1 Å². The fraction of sp³-hybridized carbons (Fsp3) is 0.500. The van der Waals surface area contributed by atoms with Crippen LogP contribution in [0.3, 0.4) is 0 Å². The van der Waals surface area contributed by atoms with E-state index >= 15 is 0 Å². The quantitative estimate of drug-likeness (QED) is 0.830. The zero-order chi connectivity index (χ0) is 17.9. The highest BCUT2D eigenvalue weighted by Crippen LogP contribution is 2.23. The van der Waals surface area contributed by atoms with E-state index in [1.54, 1.807) is 0 Å². The molecule has 1 aliphatic rings. The lowest BCUT2D eigenvalue weighted by atomic mass is 10.0. The second-order valence-electron chi connectivity index (χ2n) is 6.14. The van der Waals surface area contributed by atoms with Crippen LogP contribution in [0.15, 0.2) is 29.2 Å². The summed E-state index contributed by atoms with van der Waals surface area (Å²) in [7, 11) is -3.56. The number of amides is 1. The highest BCUT2D eigenvalue weighted by molar-refractivity contribution is 7.89. The minimum absolute atomic E-state index is 0.139. The fourth-order valence-electron chi connectivity index (χ4n) is 2.49. The number of carbonyl (C=O) groups excluding carboxylic acids is 1. The second kappa shape index (κ2) is 7.31. The molecule has 2 N–H and O–H groups in total. The normalized spacial score (nSPS) is 18.1. The zero-order valence-electron chi connectivity index (χ0n) is 13.7. The molecule has 1 atom stereocenters. The lowest BCUT2D eigenvalue weighted by Gasteiger charge is -2.29. The number of piperidine rings is 1. The number of carbonyl (C=O) groups is 2. The Morgan fingerprint density at radius 2 is 1.75 bits per heavy atom. The molecule has 0 aromatic heterocycles. The molecule has 7 nitrogen and oxygen atoms in total. The van der Waals surface area contributed by atoms with Gasteiger partial charge in [-0.2, -0.15) is 4.31 Å². The van der Waals surface area contributed by atoms with E-state index in [0.29, 0.717) is 19.0 Å². The number of aliphatic carboxylic acids is 1. The molecule has 0 saturated carbocycles. The molecule has 132 valence electrons. The lowest BCUT2D eigenvalue weighted by molar-refractivity contribution is -0.138. The molecular weight excluding hydrogens is 332 g/mol. The number of hydrogen-bond acceptors (Lipinski definition) is 4. The van der Waals surface area contributed by atoms with E-state index in [0.717, 1.165) is 12.8 Å². The number of hydrogen-bond donors (Lipinski definition) is 2. The number of carboxylic acids is 1. The van der Waals surface area contributed by atoms with E-state index in [-0.39, 0.29) is 10.5 Å². The summed E-state index contributed by atoms with van der Waals surface area (Å²) in [4.78, 5) is 22.8. The van der Waals surface area contributed by atoms with Gasteiger partial charge in [0, 0.05) is 18.7 Å². The molecule has 1 unspecified atom stereocenters. The van der Waals surface area contributed by atoms with E-state index < -0.39 is 27.9 Å². The van der Waals surface area contributed by atoms with Crippen LogP contribution in [-0.4, -0.2) is 48.8 Å². The van der Waals surface area contributed by atoms with Crippen LogP contribution < -0.4 is 5.32 Å². The number of rotatable bonds is 5. The van der Waals surface area contributed by atoms with Crippen LogP contribution in [0.1, 0.15) is 37.0 Å². The number of sulfonamides is 1. The zero-order valence-corrected chi connectivity index (χ0v) is 14.5. The van der Waals surface area contributed by atoms with E-state index in [1.165, 1.54) is 35.5 Å². The smallest absolute Gasteiger partial charge is 0.325 e. The highest BCUT2D eigenvalue weighted by atomic mass is 32.2. The first-order chi connectivity index (χ1) is 11.2. The van der Waals surface area contributed by atoms with Crippen molar-refractivity contribution in [2.24, 2.45) is 5.92 Å². The van der Waals surface area contributed by atoms with Gasteiger partial charge in [0.1, 0.15) is 6.04 Å². The summed E-state index contributed by atoms with van der Waals surface area (Å²) >= 11 is 0. The van der Waals surface area contributed by atoms with E-state index in [2.05, 4.69) is 12.2 Å². The molecule has 1 saturated heterocycles. The molecule has 1 aromatic rings. The topological polar surface area (TPSA) is 104 Å². The van der Waals surface area contributed by atoms with Gasteiger partial charge in [0.15, 0.2) is 0 Å². The molecule has 24 heavy (non-hydrogen) atoms. The monoisotopic (exact) mass is 354 g/mol. The van der Waals surface area contributed by atoms with Crippen molar-refractivity contribution in [3.8, 4) is 0 Å². The second-order valence-corrected chi connectivity index (χ2v) is 8.08. The summed E-state index contributed by atoms with van der Waals surface area (Å²) in [5.41, 5.74) is 0.217. The summed E-state index contributed by atoms with van der Waals surface area (Å²) in [6, 6.07) is 4.53. The maximum Gasteiger partial charge on any atom is 0.325 e. The minimum atomic E-state index is -3.56. The Hall–Kier alpha value is -1.93. The van der Waals surface area contributed by atoms with Gasteiger partial charge in [-0.3, -0.25) is 9.59 Å². The van der Waals surface area contributed by atoms with Gasteiger partial charge < -0.3 is 10.4 Å². The van der Waals surface area contributed by atoms with Crippen LogP contribution in [-0.2, 0) is 14.8 Å². The van der Waals surface area contributed by atoms with Crippen molar-refractivity contribution in [3.05, 3.63) is 29.8 Å².